The molecular formula is C22H36N6O5. The van der Waals surface area contributed by atoms with Gasteiger partial charge in [-0.3, -0.25) is 19.3 Å². The molecule has 4 atom stereocenters. The van der Waals surface area contributed by atoms with Gasteiger partial charge in [-0.25, -0.2) is 4.68 Å². The maximum atomic E-state index is 13.6. The van der Waals surface area contributed by atoms with Crippen molar-refractivity contribution in [3.05, 3.63) is 11.9 Å². The number of carbonyl (C=O) groups excluding carboxylic acids is 3. The highest BCUT2D eigenvalue weighted by Crippen LogP contribution is 2.34. The average Bonchev–Trinajstić information content (AvgIpc) is 3.38. The van der Waals surface area contributed by atoms with Gasteiger partial charge in [-0.1, -0.05) is 32.4 Å². The summed E-state index contributed by atoms with van der Waals surface area (Å²) >= 11 is 0. The number of methoxy groups -OCH3 is 1. The highest BCUT2D eigenvalue weighted by Gasteiger charge is 2.45. The quantitative estimate of drug-likeness (QED) is 0.567. The first-order chi connectivity index (χ1) is 15.6. The van der Waals surface area contributed by atoms with Gasteiger partial charge >= 0.3 is 5.97 Å². The predicted octanol–water partition coefficient (Wildman–Crippen LogP) is 0.101. The van der Waals surface area contributed by atoms with Gasteiger partial charge in [0, 0.05) is 26.6 Å². The number of aliphatic hydroxyl groups is 1. The second-order valence-electron chi connectivity index (χ2n) is 9.97. The molecule has 0 saturated carbocycles. The summed E-state index contributed by atoms with van der Waals surface area (Å²) in [4.78, 5) is 41.6. The number of nitrogens with one attached hydrogen (secondary N) is 1. The van der Waals surface area contributed by atoms with Gasteiger partial charge < -0.3 is 20.1 Å². The van der Waals surface area contributed by atoms with E-state index in [0.29, 0.717) is 12.2 Å². The fraction of sp³-hybridized carbons (Fsp3) is 0.773. The second kappa shape index (κ2) is 10.2. The van der Waals surface area contributed by atoms with Crippen molar-refractivity contribution < 1.29 is 24.2 Å². The largest absolute Gasteiger partial charge is 0.468 e. The van der Waals surface area contributed by atoms with Crippen molar-refractivity contribution in [2.45, 2.75) is 77.2 Å². The summed E-state index contributed by atoms with van der Waals surface area (Å²) in [5.41, 5.74) is 0.125. The monoisotopic (exact) mass is 464 g/mol. The number of hydrogen-bond donors (Lipinski definition) is 2. The van der Waals surface area contributed by atoms with Gasteiger partial charge in [0.15, 0.2) is 0 Å². The Morgan fingerprint density at radius 3 is 2.64 bits per heavy atom. The topological polar surface area (TPSA) is 130 Å². The van der Waals surface area contributed by atoms with Crippen molar-refractivity contribution in [3.63, 3.8) is 0 Å². The van der Waals surface area contributed by atoms with E-state index in [0.717, 1.165) is 25.8 Å². The molecule has 11 heteroatoms. The molecule has 184 valence electrons. The van der Waals surface area contributed by atoms with Crippen LogP contribution in [-0.2, 0) is 25.7 Å². The van der Waals surface area contributed by atoms with Crippen LogP contribution >= 0.6 is 0 Å². The summed E-state index contributed by atoms with van der Waals surface area (Å²) in [6.07, 6.45) is 3.88. The van der Waals surface area contributed by atoms with Gasteiger partial charge in [0.2, 0.25) is 11.8 Å². The summed E-state index contributed by atoms with van der Waals surface area (Å²) in [5.74, 6) is -0.835. The van der Waals surface area contributed by atoms with Crippen molar-refractivity contribution in [2.24, 2.45) is 5.41 Å². The third-order valence-electron chi connectivity index (χ3n) is 6.44. The number of amides is 2. The lowest BCUT2D eigenvalue weighted by Crippen LogP contribution is -2.49. The van der Waals surface area contributed by atoms with Crippen LogP contribution in [0.5, 0.6) is 0 Å². The molecule has 2 aliphatic rings. The van der Waals surface area contributed by atoms with Crippen molar-refractivity contribution in [1.82, 2.24) is 30.1 Å². The molecule has 3 rings (SSSR count). The number of esters is 1. The fourth-order valence-electron chi connectivity index (χ4n) is 4.81. The Balaban J connectivity index is 1.82. The van der Waals surface area contributed by atoms with Crippen LogP contribution in [0.4, 0.5) is 0 Å². The molecule has 1 aromatic heterocycles. The Kier molecular flexibility index (Phi) is 7.73. The van der Waals surface area contributed by atoms with Crippen LogP contribution in [0.2, 0.25) is 0 Å². The summed E-state index contributed by atoms with van der Waals surface area (Å²) in [7, 11) is 2.91. The average molecular weight is 465 g/mol. The highest BCUT2D eigenvalue weighted by atomic mass is 16.5. The van der Waals surface area contributed by atoms with Crippen LogP contribution < -0.4 is 5.32 Å². The van der Waals surface area contributed by atoms with Gasteiger partial charge in [-0.2, -0.15) is 0 Å². The Labute approximate surface area is 194 Å². The van der Waals surface area contributed by atoms with Crippen LogP contribution in [-0.4, -0.2) is 93.1 Å². The Hall–Kier alpha value is -2.53. The standard InChI is InChI=1S/C22H36N6O5/c1-22(2,3)18(20(31)27-13-15(29)10-17(27)19(30)23-4)28-12-14(24-25-28)11-26-9-7-6-8-16(26)21(32)33-5/h12,15-18,29H,6-11,13H2,1-5H3,(H,23,30)/t15-,16?,17+,18-/m0/s1. The third kappa shape index (κ3) is 5.52. The predicted molar refractivity (Wildman–Crippen MR) is 119 cm³/mol. The van der Waals surface area contributed by atoms with E-state index in [-0.39, 0.29) is 36.8 Å². The maximum Gasteiger partial charge on any atom is 0.323 e. The van der Waals surface area contributed by atoms with Gasteiger partial charge in [-0.15, -0.1) is 5.10 Å². The lowest BCUT2D eigenvalue weighted by Gasteiger charge is -2.34. The van der Waals surface area contributed by atoms with Crippen LogP contribution in [0.15, 0.2) is 6.20 Å². The highest BCUT2D eigenvalue weighted by molar-refractivity contribution is 5.90. The number of likely N-dealkylation sites (tertiary alicyclic amines) is 2. The van der Waals surface area contributed by atoms with Crippen molar-refractivity contribution >= 4 is 17.8 Å². The number of nitrogens with zero attached hydrogens (tertiary/aromatic N) is 5. The Morgan fingerprint density at radius 1 is 1.27 bits per heavy atom. The van der Waals surface area contributed by atoms with E-state index in [1.807, 2.05) is 25.7 Å². The van der Waals surface area contributed by atoms with Gasteiger partial charge in [-0.05, 0) is 24.8 Å². The van der Waals surface area contributed by atoms with Gasteiger partial charge in [0.1, 0.15) is 18.1 Å². The number of piperidine rings is 1. The summed E-state index contributed by atoms with van der Waals surface area (Å²) in [6.45, 7) is 7.06. The Bertz CT molecular complexity index is 866. The number of carbonyl (C=O) groups is 3. The normalized spacial score (nSPS) is 25.0. The van der Waals surface area contributed by atoms with Crippen molar-refractivity contribution in [2.75, 3.05) is 27.2 Å². The van der Waals surface area contributed by atoms with Crippen LogP contribution in [0.1, 0.15) is 58.2 Å². The molecule has 2 amide bonds. The van der Waals surface area contributed by atoms with E-state index in [4.69, 9.17) is 4.74 Å². The molecule has 2 fully saturated rings. The molecule has 3 heterocycles. The van der Waals surface area contributed by atoms with E-state index in [1.165, 1.54) is 19.1 Å². The molecule has 0 aliphatic carbocycles. The zero-order chi connectivity index (χ0) is 24.3. The van der Waals surface area contributed by atoms with Crippen molar-refractivity contribution in [3.8, 4) is 0 Å². The first-order valence-electron chi connectivity index (χ1n) is 11.5. The van der Waals surface area contributed by atoms with Crippen molar-refractivity contribution in [1.29, 1.82) is 0 Å². The SMILES string of the molecule is CNC(=O)[C@H]1C[C@H](O)CN1C(=O)[C@H](n1cc(CN2CCCCC2C(=O)OC)nn1)C(C)(C)C. The minimum absolute atomic E-state index is 0.0969. The number of ether oxygens (including phenoxy) is 1. The lowest BCUT2D eigenvalue weighted by atomic mass is 9.85. The van der Waals surface area contributed by atoms with E-state index in [9.17, 15) is 19.5 Å². The molecular weight excluding hydrogens is 428 g/mol. The zero-order valence-corrected chi connectivity index (χ0v) is 20.2. The van der Waals surface area contributed by atoms with E-state index >= 15 is 0 Å². The number of hydrogen-bond acceptors (Lipinski definition) is 8. The lowest BCUT2D eigenvalue weighted by molar-refractivity contribution is -0.148. The zero-order valence-electron chi connectivity index (χ0n) is 20.2. The molecule has 2 saturated heterocycles. The van der Waals surface area contributed by atoms with Crippen LogP contribution in [0, 0.1) is 5.41 Å². The fourth-order valence-corrected chi connectivity index (χ4v) is 4.81. The molecule has 2 aliphatic heterocycles. The molecule has 0 spiro atoms. The van der Waals surface area contributed by atoms with E-state index in [1.54, 1.807) is 10.9 Å². The molecule has 0 radical (unpaired) electrons. The summed E-state index contributed by atoms with van der Waals surface area (Å²) < 4.78 is 6.50. The minimum atomic E-state index is -0.752. The number of likely N-dealkylation sites (N-methyl/N-ethyl adjacent to an activating group) is 1. The Morgan fingerprint density at radius 2 is 2.00 bits per heavy atom. The summed E-state index contributed by atoms with van der Waals surface area (Å²) in [6, 6.07) is -1.75. The summed E-state index contributed by atoms with van der Waals surface area (Å²) in [5, 5.41) is 21.2. The first-order valence-corrected chi connectivity index (χ1v) is 11.5. The number of rotatable bonds is 6. The molecule has 0 aromatic carbocycles. The van der Waals surface area contributed by atoms with E-state index in [2.05, 4.69) is 15.6 Å². The van der Waals surface area contributed by atoms with Crippen LogP contribution in [0.3, 0.4) is 0 Å². The molecule has 0 bridgehead atoms. The molecule has 2 N–H and O–H groups in total. The molecule has 1 aromatic rings. The number of β-amino-alcohol motifs (C(OH)–C–C–N with tert-alkyl or cyclic N) is 1. The minimum Gasteiger partial charge on any atom is -0.468 e. The number of aliphatic hydroxyl groups excluding tert-OH is 1. The number of aromatic nitrogens is 3. The van der Waals surface area contributed by atoms with E-state index < -0.39 is 23.6 Å². The van der Waals surface area contributed by atoms with Gasteiger partial charge in [0.25, 0.3) is 0 Å². The first kappa shape index (κ1) is 25.1. The van der Waals surface area contributed by atoms with Gasteiger partial charge in [0.05, 0.1) is 25.1 Å². The second-order valence-corrected chi connectivity index (χ2v) is 9.97. The third-order valence-corrected chi connectivity index (χ3v) is 6.44. The molecule has 1 unspecified atom stereocenters. The van der Waals surface area contributed by atoms with Crippen LogP contribution in [0.25, 0.3) is 0 Å². The smallest absolute Gasteiger partial charge is 0.323 e. The maximum absolute atomic E-state index is 13.6. The molecule has 33 heavy (non-hydrogen) atoms. The molecule has 11 nitrogen and oxygen atoms in total.